The first-order valence-electron chi connectivity index (χ1n) is 11.2. The Kier molecular flexibility index (Phi) is 4.66. The number of aromatic nitrogens is 1. The molecule has 0 spiro atoms. The number of nitrogens with zero attached hydrogens (tertiary/aromatic N) is 1. The minimum atomic E-state index is -1.23. The second-order valence-corrected chi connectivity index (χ2v) is 14.0. The van der Waals surface area contributed by atoms with Gasteiger partial charge < -0.3 is 4.42 Å². The van der Waals surface area contributed by atoms with E-state index >= 15 is 0 Å². The first-order chi connectivity index (χ1) is 16.3. The first kappa shape index (κ1) is 21.4. The molecule has 2 aromatic heterocycles. The highest BCUT2D eigenvalue weighted by Crippen LogP contribution is 2.52. The molecular formula is C29H23B2NOS. The van der Waals surface area contributed by atoms with Gasteiger partial charge in [0, 0.05) is 27.9 Å². The van der Waals surface area contributed by atoms with Crippen molar-refractivity contribution in [2.24, 2.45) is 0 Å². The summed E-state index contributed by atoms with van der Waals surface area (Å²) >= 11 is 0. The Morgan fingerprint density at radius 2 is 1.41 bits per heavy atom. The fourth-order valence-electron chi connectivity index (χ4n) is 4.68. The maximum absolute atomic E-state index is 6.63. The van der Waals surface area contributed by atoms with Gasteiger partial charge in [-0.1, -0.05) is 60.7 Å². The van der Waals surface area contributed by atoms with Crippen LogP contribution in [0.4, 0.5) is 0 Å². The van der Waals surface area contributed by atoms with Crippen LogP contribution in [0.3, 0.4) is 0 Å². The number of fused-ring (bicyclic) bond motifs is 7. The van der Waals surface area contributed by atoms with Crippen LogP contribution in [0.2, 0.25) is 0 Å². The molecule has 0 N–H and O–H groups in total. The number of furan rings is 1. The van der Waals surface area contributed by atoms with E-state index in [9.17, 15) is 0 Å². The summed E-state index contributed by atoms with van der Waals surface area (Å²) in [5.74, 6) is 0. The van der Waals surface area contributed by atoms with Gasteiger partial charge in [0.05, 0.1) is 21.4 Å². The standard InChI is InChI=1S/C29H23B2NOS/c1-34(2,3)29(30,31)20-14-16-25(32-17-20)24-10-6-9-22-23-15-13-19-12-11-18-7-4-5-8-21(18)26(19)28(23)33-27(22)24/h4-17H,1-3H3. The molecule has 162 valence electrons. The van der Waals surface area contributed by atoms with Crippen LogP contribution in [0.15, 0.2) is 89.5 Å². The molecular weight excluding hydrogens is 432 g/mol. The Labute approximate surface area is 203 Å². The lowest BCUT2D eigenvalue weighted by Crippen LogP contribution is -2.32. The Balaban J connectivity index is 1.59. The van der Waals surface area contributed by atoms with E-state index in [1.54, 1.807) is 6.20 Å². The normalized spacial score (nSPS) is 13.3. The SMILES string of the molecule is [B]C([B])(c1ccc(-c2cccc3c2oc2c3ccc3ccc4ccccc4c32)nc1)S(C)(C)C. The van der Waals surface area contributed by atoms with Gasteiger partial charge in [0.15, 0.2) is 0 Å². The van der Waals surface area contributed by atoms with Crippen molar-refractivity contribution in [3.05, 3.63) is 90.6 Å². The molecule has 0 aliphatic rings. The lowest BCUT2D eigenvalue weighted by molar-refractivity contribution is 0.674. The molecule has 0 unspecified atom stereocenters. The summed E-state index contributed by atoms with van der Waals surface area (Å²) in [4.78, 5) is 4.75. The van der Waals surface area contributed by atoms with Crippen molar-refractivity contribution in [2.75, 3.05) is 18.8 Å². The van der Waals surface area contributed by atoms with Gasteiger partial charge in [-0.2, -0.15) is 0 Å². The minimum Gasteiger partial charge on any atom is -0.455 e. The van der Waals surface area contributed by atoms with E-state index in [0.717, 1.165) is 44.1 Å². The van der Waals surface area contributed by atoms with Gasteiger partial charge >= 0.3 is 0 Å². The second kappa shape index (κ2) is 7.41. The third-order valence-electron chi connectivity index (χ3n) is 6.88. The monoisotopic (exact) mass is 455 g/mol. The number of rotatable bonds is 3. The quantitative estimate of drug-likeness (QED) is 0.210. The summed E-state index contributed by atoms with van der Waals surface area (Å²) in [5.41, 5.74) is 4.38. The maximum Gasteiger partial charge on any atom is 0.144 e. The van der Waals surface area contributed by atoms with Gasteiger partial charge in [0.25, 0.3) is 0 Å². The Morgan fingerprint density at radius 3 is 2.18 bits per heavy atom. The van der Waals surface area contributed by atoms with Crippen LogP contribution in [-0.4, -0.2) is 39.4 Å². The molecule has 4 radical (unpaired) electrons. The van der Waals surface area contributed by atoms with E-state index in [0.29, 0.717) is 0 Å². The largest absolute Gasteiger partial charge is 0.455 e. The van der Waals surface area contributed by atoms with Crippen LogP contribution in [0, 0.1) is 0 Å². The van der Waals surface area contributed by atoms with Crippen LogP contribution in [0.25, 0.3) is 54.7 Å². The summed E-state index contributed by atoms with van der Waals surface area (Å²) in [6.07, 6.45) is 8.15. The Hall–Kier alpha value is -3.17. The summed E-state index contributed by atoms with van der Waals surface area (Å²) in [6.45, 7) is 0. The zero-order valence-electron chi connectivity index (χ0n) is 19.5. The molecule has 0 aliphatic heterocycles. The van der Waals surface area contributed by atoms with E-state index in [-0.39, 0.29) is 0 Å². The van der Waals surface area contributed by atoms with Crippen molar-refractivity contribution in [1.29, 1.82) is 0 Å². The Bertz CT molecular complexity index is 1710. The molecule has 34 heavy (non-hydrogen) atoms. The van der Waals surface area contributed by atoms with Gasteiger partial charge in [-0.3, -0.25) is 15.0 Å². The molecule has 0 bridgehead atoms. The van der Waals surface area contributed by atoms with Crippen molar-refractivity contribution < 1.29 is 4.42 Å². The molecule has 0 fully saturated rings. The smallest absolute Gasteiger partial charge is 0.144 e. The van der Waals surface area contributed by atoms with Gasteiger partial charge in [-0.05, 0) is 63.2 Å². The summed E-state index contributed by atoms with van der Waals surface area (Å²) in [6, 6.07) is 27.3. The van der Waals surface area contributed by atoms with Crippen molar-refractivity contribution in [3.8, 4) is 11.3 Å². The van der Waals surface area contributed by atoms with E-state index in [2.05, 4.69) is 85.5 Å². The van der Waals surface area contributed by atoms with Crippen molar-refractivity contribution in [2.45, 2.75) is 4.55 Å². The zero-order valence-corrected chi connectivity index (χ0v) is 20.3. The van der Waals surface area contributed by atoms with Crippen LogP contribution in [-0.2, 0) is 4.55 Å². The predicted octanol–water partition coefficient (Wildman–Crippen LogP) is 7.10. The second-order valence-electron chi connectivity index (χ2n) is 9.67. The topological polar surface area (TPSA) is 26.0 Å². The van der Waals surface area contributed by atoms with E-state index in [1.807, 2.05) is 12.1 Å². The average Bonchev–Trinajstić information content (AvgIpc) is 3.22. The van der Waals surface area contributed by atoms with Crippen LogP contribution >= 0.6 is 10.0 Å². The maximum atomic E-state index is 6.63. The lowest BCUT2D eigenvalue weighted by Gasteiger charge is -2.45. The summed E-state index contributed by atoms with van der Waals surface area (Å²) in [7, 11) is 11.8. The molecule has 2 nitrogen and oxygen atoms in total. The number of para-hydroxylation sites is 1. The summed E-state index contributed by atoms with van der Waals surface area (Å²) < 4.78 is 5.73. The van der Waals surface area contributed by atoms with Crippen LogP contribution in [0.1, 0.15) is 5.56 Å². The highest BCUT2D eigenvalue weighted by Gasteiger charge is 2.29. The fourth-order valence-corrected chi connectivity index (χ4v) is 5.51. The molecule has 6 rings (SSSR count). The van der Waals surface area contributed by atoms with Crippen LogP contribution in [0.5, 0.6) is 0 Å². The molecule has 0 saturated heterocycles. The van der Waals surface area contributed by atoms with Gasteiger partial charge in [-0.15, -0.1) is 0 Å². The zero-order chi connectivity index (χ0) is 23.7. The number of pyridine rings is 1. The van der Waals surface area contributed by atoms with E-state index < -0.39 is 14.6 Å². The van der Waals surface area contributed by atoms with E-state index in [1.165, 1.54) is 16.2 Å². The molecule has 0 aliphatic carbocycles. The van der Waals surface area contributed by atoms with Crippen molar-refractivity contribution >= 4 is 69.2 Å². The minimum absolute atomic E-state index is 0.835. The van der Waals surface area contributed by atoms with E-state index in [4.69, 9.17) is 25.1 Å². The summed E-state index contributed by atoms with van der Waals surface area (Å²) in [5, 5.41) is 6.90. The highest BCUT2D eigenvalue weighted by molar-refractivity contribution is 8.34. The van der Waals surface area contributed by atoms with Gasteiger partial charge in [-0.25, -0.2) is 0 Å². The first-order valence-corrected chi connectivity index (χ1v) is 14.1. The van der Waals surface area contributed by atoms with Crippen molar-refractivity contribution in [1.82, 2.24) is 4.98 Å². The predicted molar refractivity (Wildman–Crippen MR) is 151 cm³/mol. The van der Waals surface area contributed by atoms with Gasteiger partial charge in [0.1, 0.15) is 11.2 Å². The average molecular weight is 455 g/mol. The Morgan fingerprint density at radius 1 is 0.706 bits per heavy atom. The third-order valence-corrected chi connectivity index (χ3v) is 9.14. The number of benzene rings is 4. The molecule has 2 heterocycles. The fraction of sp³-hybridized carbons (Fsp3) is 0.138. The molecule has 4 aromatic carbocycles. The molecule has 6 aromatic rings. The highest BCUT2D eigenvalue weighted by atomic mass is 32.3. The molecule has 0 atom stereocenters. The van der Waals surface area contributed by atoms with Crippen LogP contribution < -0.4 is 0 Å². The number of hydrogen-bond acceptors (Lipinski definition) is 2. The van der Waals surface area contributed by atoms with Gasteiger partial charge in [0.2, 0.25) is 0 Å². The lowest BCUT2D eigenvalue weighted by atomic mass is 9.65. The molecule has 0 amide bonds. The van der Waals surface area contributed by atoms with Crippen molar-refractivity contribution in [3.63, 3.8) is 0 Å². The number of hydrogen-bond donors (Lipinski definition) is 0. The molecule has 5 heteroatoms. The molecule has 0 saturated carbocycles. The third kappa shape index (κ3) is 3.10.